The Kier molecular flexibility index (Phi) is 5.18. The summed E-state index contributed by atoms with van der Waals surface area (Å²) in [6, 6.07) is 0. The standard InChI is InChI=1S/C16H21NO15/c18-6-5(13(23)14(24,25)11(21)17-15(13,26)27)7(19)9(31-12(22)3-1-2-4-12)10(8(6)20)32-16(28,29)30/h18-20,22-30H,1-4H2,(H,17,21). The fraction of sp³-hybridized carbons (Fsp3) is 0.562. The number of aliphatic hydroxyl groups is 9. The summed E-state index contributed by atoms with van der Waals surface area (Å²) in [4.78, 5) is 11.8. The molecule has 1 unspecified atom stereocenters. The van der Waals surface area contributed by atoms with Crippen LogP contribution in [0.1, 0.15) is 31.2 Å². The molecule has 1 aromatic carbocycles. The molecule has 0 bridgehead atoms. The monoisotopic (exact) mass is 467 g/mol. The number of rotatable bonds is 5. The second-order valence-corrected chi connectivity index (χ2v) is 7.52. The minimum absolute atomic E-state index is 0.0937. The van der Waals surface area contributed by atoms with E-state index in [2.05, 4.69) is 4.74 Å². The number of carbonyl (C=O) groups is 1. The van der Waals surface area contributed by atoms with E-state index in [0.717, 1.165) is 0 Å². The zero-order chi connectivity index (χ0) is 24.5. The molecule has 2 fully saturated rings. The second-order valence-electron chi connectivity index (χ2n) is 7.52. The second kappa shape index (κ2) is 6.91. The SMILES string of the molecule is O=C1NC(O)(O)C(O)(c2c(O)c(O)c(OC(O)(O)O)c(OC3(O)CCCC3)c2O)C1(O)O. The molecular weight excluding hydrogens is 446 g/mol. The van der Waals surface area contributed by atoms with Crippen molar-refractivity contribution < 1.29 is 75.5 Å². The van der Waals surface area contributed by atoms with Gasteiger partial charge < -0.3 is 70.8 Å². The van der Waals surface area contributed by atoms with Crippen LogP contribution in [0.2, 0.25) is 0 Å². The molecule has 16 heteroatoms. The van der Waals surface area contributed by atoms with E-state index in [9.17, 15) is 50.8 Å². The van der Waals surface area contributed by atoms with Crippen molar-refractivity contribution in [3.63, 3.8) is 0 Å². The van der Waals surface area contributed by atoms with Gasteiger partial charge in [0.25, 0.3) is 17.6 Å². The third-order valence-corrected chi connectivity index (χ3v) is 5.23. The average Bonchev–Trinajstić information content (AvgIpc) is 3.11. The maximum Gasteiger partial charge on any atom is 0.453 e. The van der Waals surface area contributed by atoms with Crippen LogP contribution >= 0.6 is 0 Å². The summed E-state index contributed by atoms with van der Waals surface area (Å²) in [5.74, 6) is -20.3. The van der Waals surface area contributed by atoms with Crippen LogP contribution in [-0.4, -0.2) is 90.8 Å². The van der Waals surface area contributed by atoms with E-state index in [0.29, 0.717) is 12.8 Å². The summed E-state index contributed by atoms with van der Waals surface area (Å²) in [6.45, 7) is 0. The largest absolute Gasteiger partial charge is 0.504 e. The van der Waals surface area contributed by atoms with Crippen LogP contribution in [0.25, 0.3) is 0 Å². The maximum atomic E-state index is 11.8. The van der Waals surface area contributed by atoms with E-state index >= 15 is 0 Å². The Balaban J connectivity index is 2.35. The van der Waals surface area contributed by atoms with Crippen LogP contribution in [0.15, 0.2) is 0 Å². The molecular formula is C16H21NO15. The molecule has 1 heterocycles. The molecule has 1 aliphatic heterocycles. The van der Waals surface area contributed by atoms with Crippen LogP contribution < -0.4 is 14.8 Å². The lowest BCUT2D eigenvalue weighted by Gasteiger charge is -2.38. The normalized spacial score (nSPS) is 26.1. The molecule has 0 radical (unpaired) electrons. The summed E-state index contributed by atoms with van der Waals surface area (Å²) >= 11 is 0. The zero-order valence-corrected chi connectivity index (χ0v) is 15.9. The fourth-order valence-corrected chi connectivity index (χ4v) is 3.65. The highest BCUT2D eigenvalue weighted by Gasteiger charge is 2.76. The van der Waals surface area contributed by atoms with Gasteiger partial charge in [-0.05, 0) is 12.8 Å². The van der Waals surface area contributed by atoms with E-state index in [1.807, 2.05) is 0 Å². The fourth-order valence-electron chi connectivity index (χ4n) is 3.65. The van der Waals surface area contributed by atoms with Gasteiger partial charge in [-0.25, -0.2) is 0 Å². The van der Waals surface area contributed by atoms with Crippen molar-refractivity contribution in [2.75, 3.05) is 0 Å². The predicted molar refractivity (Wildman–Crippen MR) is 91.9 cm³/mol. The Labute approximate surface area is 177 Å². The Hall–Kier alpha value is -2.67. The Morgan fingerprint density at radius 3 is 1.78 bits per heavy atom. The van der Waals surface area contributed by atoms with Crippen molar-refractivity contribution in [2.45, 2.75) is 54.9 Å². The van der Waals surface area contributed by atoms with E-state index in [-0.39, 0.29) is 12.8 Å². The number of aromatic hydroxyl groups is 3. The lowest BCUT2D eigenvalue weighted by molar-refractivity contribution is -0.420. The summed E-state index contributed by atoms with van der Waals surface area (Å²) in [5.41, 5.74) is -5.86. The number of ether oxygens (including phenoxy) is 2. The van der Waals surface area contributed by atoms with Gasteiger partial charge in [0, 0.05) is 12.8 Å². The molecule has 1 atom stereocenters. The van der Waals surface area contributed by atoms with Gasteiger partial charge in [0.15, 0.2) is 11.5 Å². The van der Waals surface area contributed by atoms with Gasteiger partial charge in [0.2, 0.25) is 28.6 Å². The number of amides is 1. The van der Waals surface area contributed by atoms with Crippen molar-refractivity contribution in [2.24, 2.45) is 0 Å². The number of carbonyl (C=O) groups excluding carboxylic acids is 1. The Bertz CT molecular complexity index is 946. The average molecular weight is 467 g/mol. The molecule has 13 N–H and O–H groups in total. The summed E-state index contributed by atoms with van der Waals surface area (Å²) in [5, 5.41) is 121. The van der Waals surface area contributed by atoms with Crippen LogP contribution in [0, 0.1) is 0 Å². The van der Waals surface area contributed by atoms with Gasteiger partial charge in [-0.15, -0.1) is 0 Å². The Morgan fingerprint density at radius 2 is 1.34 bits per heavy atom. The lowest BCUT2D eigenvalue weighted by atomic mass is 9.82. The van der Waals surface area contributed by atoms with Gasteiger partial charge >= 0.3 is 6.16 Å². The highest BCUT2D eigenvalue weighted by atomic mass is 16.9. The number of phenols is 3. The lowest BCUT2D eigenvalue weighted by Crippen LogP contribution is -2.62. The molecule has 1 saturated heterocycles. The predicted octanol–water partition coefficient (Wildman–Crippen LogP) is -4.95. The first-order chi connectivity index (χ1) is 14.4. The number of benzene rings is 1. The summed E-state index contributed by atoms with van der Waals surface area (Å²) in [7, 11) is 0. The number of nitrogens with one attached hydrogen (secondary N) is 1. The van der Waals surface area contributed by atoms with Crippen molar-refractivity contribution in [1.29, 1.82) is 0 Å². The summed E-state index contributed by atoms with van der Waals surface area (Å²) in [6.07, 6.45) is -3.47. The summed E-state index contributed by atoms with van der Waals surface area (Å²) < 4.78 is 9.35. The van der Waals surface area contributed by atoms with Gasteiger partial charge in [-0.3, -0.25) is 10.1 Å². The highest BCUT2D eigenvalue weighted by Crippen LogP contribution is 2.60. The quantitative estimate of drug-likeness (QED) is 0.110. The van der Waals surface area contributed by atoms with Gasteiger partial charge in [-0.1, -0.05) is 0 Å². The highest BCUT2D eigenvalue weighted by molar-refractivity contribution is 5.90. The van der Waals surface area contributed by atoms with Crippen molar-refractivity contribution in [3.8, 4) is 28.7 Å². The zero-order valence-electron chi connectivity index (χ0n) is 15.9. The molecule has 1 amide bonds. The molecule has 32 heavy (non-hydrogen) atoms. The first-order valence-electron chi connectivity index (χ1n) is 8.91. The third-order valence-electron chi connectivity index (χ3n) is 5.23. The molecule has 0 aromatic heterocycles. The van der Waals surface area contributed by atoms with Crippen molar-refractivity contribution >= 4 is 5.91 Å². The molecule has 180 valence electrons. The first-order valence-corrected chi connectivity index (χ1v) is 8.91. The van der Waals surface area contributed by atoms with Gasteiger partial charge in [-0.2, -0.15) is 0 Å². The number of hydrogen-bond acceptors (Lipinski definition) is 15. The molecule has 0 spiro atoms. The van der Waals surface area contributed by atoms with Crippen molar-refractivity contribution in [1.82, 2.24) is 5.32 Å². The number of hydrogen-bond donors (Lipinski definition) is 13. The molecule has 1 aromatic rings. The van der Waals surface area contributed by atoms with E-state index < -0.39 is 69.5 Å². The van der Waals surface area contributed by atoms with E-state index in [1.54, 1.807) is 0 Å². The van der Waals surface area contributed by atoms with Crippen LogP contribution in [0.5, 0.6) is 28.7 Å². The minimum atomic E-state index is -4.16. The Morgan fingerprint density at radius 1 is 0.812 bits per heavy atom. The molecule has 16 nitrogen and oxygen atoms in total. The van der Waals surface area contributed by atoms with Gasteiger partial charge in [0.1, 0.15) is 0 Å². The van der Waals surface area contributed by atoms with Crippen LogP contribution in [0.4, 0.5) is 0 Å². The van der Waals surface area contributed by atoms with E-state index in [4.69, 9.17) is 20.1 Å². The maximum absolute atomic E-state index is 11.8. The molecule has 1 aliphatic carbocycles. The smallest absolute Gasteiger partial charge is 0.453 e. The third kappa shape index (κ3) is 3.34. The topological polar surface area (TPSA) is 290 Å². The molecule has 1 saturated carbocycles. The van der Waals surface area contributed by atoms with Gasteiger partial charge in [0.05, 0.1) is 5.56 Å². The number of phenolic OH excluding ortho intramolecular Hbond substituents is 3. The van der Waals surface area contributed by atoms with Crippen molar-refractivity contribution in [3.05, 3.63) is 5.56 Å². The first kappa shape index (κ1) is 24.0. The molecule has 2 aliphatic rings. The minimum Gasteiger partial charge on any atom is -0.504 e. The van der Waals surface area contributed by atoms with E-state index in [1.165, 1.54) is 5.32 Å². The van der Waals surface area contributed by atoms with Crippen LogP contribution in [0.3, 0.4) is 0 Å². The molecule has 3 rings (SSSR count). The van der Waals surface area contributed by atoms with Crippen LogP contribution in [-0.2, 0) is 10.4 Å².